The number of carbonyl (C=O) groups is 1. The van der Waals surface area contributed by atoms with Crippen LogP contribution in [-0.4, -0.2) is 27.1 Å². The summed E-state index contributed by atoms with van der Waals surface area (Å²) >= 11 is 11.9. The number of anilines is 1. The molecular weight excluding hydrogens is 457 g/mol. The Morgan fingerprint density at radius 1 is 1.03 bits per heavy atom. The van der Waals surface area contributed by atoms with Crippen molar-refractivity contribution < 1.29 is 13.2 Å². The van der Waals surface area contributed by atoms with Crippen molar-refractivity contribution in [3.8, 4) is 0 Å². The zero-order valence-corrected chi connectivity index (χ0v) is 18.8. The molecule has 31 heavy (non-hydrogen) atoms. The van der Waals surface area contributed by atoms with Crippen molar-refractivity contribution in [1.29, 1.82) is 0 Å². The minimum absolute atomic E-state index is 0.0856. The Kier molecular flexibility index (Phi) is 7.33. The molecule has 3 rings (SSSR count). The molecule has 0 bridgehead atoms. The average Bonchev–Trinajstić information content (AvgIpc) is 2.75. The number of hydrogen-bond donors (Lipinski definition) is 1. The number of hydrogen-bond acceptors (Lipinski definition) is 4. The van der Waals surface area contributed by atoms with Crippen molar-refractivity contribution in [2.45, 2.75) is 11.8 Å². The molecule has 6 nitrogen and oxygen atoms in total. The molecule has 0 aliphatic carbocycles. The average molecular weight is 476 g/mol. The van der Waals surface area contributed by atoms with Crippen LogP contribution < -0.4 is 9.73 Å². The normalized spacial score (nSPS) is 11.5. The number of carbonyl (C=O) groups excluding carboxylic acids is 1. The summed E-state index contributed by atoms with van der Waals surface area (Å²) in [6, 6.07) is 19.7. The van der Waals surface area contributed by atoms with Crippen molar-refractivity contribution in [2.75, 3.05) is 10.8 Å². The second-order valence-corrected chi connectivity index (χ2v) is 9.28. The number of nitrogens with one attached hydrogen (secondary N) is 1. The molecule has 0 unspecified atom stereocenters. The molecule has 0 aromatic heterocycles. The third-order valence-electron chi connectivity index (χ3n) is 4.36. The minimum Gasteiger partial charge on any atom is -0.271 e. The van der Waals surface area contributed by atoms with E-state index in [4.69, 9.17) is 23.2 Å². The fourth-order valence-electron chi connectivity index (χ4n) is 2.81. The molecular formula is C22H19Cl2N3O3S. The maximum absolute atomic E-state index is 13.3. The van der Waals surface area contributed by atoms with Gasteiger partial charge in [0.15, 0.2) is 0 Å². The Balaban J connectivity index is 1.84. The van der Waals surface area contributed by atoms with Crippen LogP contribution in [0.5, 0.6) is 0 Å². The Bertz CT molecular complexity index is 1220. The second kappa shape index (κ2) is 9.96. The number of aryl methyl sites for hydroxylation is 1. The van der Waals surface area contributed by atoms with E-state index in [9.17, 15) is 13.2 Å². The van der Waals surface area contributed by atoms with Crippen LogP contribution in [0.3, 0.4) is 0 Å². The maximum Gasteiger partial charge on any atom is 0.264 e. The van der Waals surface area contributed by atoms with Crippen LogP contribution in [0, 0.1) is 6.92 Å². The van der Waals surface area contributed by atoms with Gasteiger partial charge in [-0.1, -0.05) is 65.7 Å². The van der Waals surface area contributed by atoms with Gasteiger partial charge in [-0.25, -0.2) is 13.8 Å². The topological polar surface area (TPSA) is 78.8 Å². The van der Waals surface area contributed by atoms with E-state index in [0.717, 1.165) is 4.31 Å². The van der Waals surface area contributed by atoms with E-state index in [2.05, 4.69) is 10.5 Å². The summed E-state index contributed by atoms with van der Waals surface area (Å²) in [5.74, 6) is -0.607. The number of nitrogens with zero attached hydrogens (tertiary/aromatic N) is 2. The standard InChI is InChI=1S/C22H19Cl2N3O3S/c1-16-7-5-6-10-21(16)27(31(29,30)19-8-3-2-4-9-19)15-22(28)26-25-14-17-11-12-18(23)13-20(17)24/h2-14H,15H2,1H3,(H,26,28)/b25-14-. The van der Waals surface area contributed by atoms with Crippen LogP contribution in [0.15, 0.2) is 82.8 Å². The van der Waals surface area contributed by atoms with E-state index < -0.39 is 22.5 Å². The number of halogens is 2. The summed E-state index contributed by atoms with van der Waals surface area (Å²) in [6.07, 6.45) is 1.36. The molecule has 0 saturated heterocycles. The summed E-state index contributed by atoms with van der Waals surface area (Å²) in [4.78, 5) is 12.6. The van der Waals surface area contributed by atoms with Gasteiger partial charge in [-0.05, 0) is 42.8 Å². The molecule has 0 spiro atoms. The first kappa shape index (κ1) is 22.8. The Morgan fingerprint density at radius 2 is 1.71 bits per heavy atom. The van der Waals surface area contributed by atoms with E-state index in [1.165, 1.54) is 18.3 Å². The van der Waals surface area contributed by atoms with Crippen molar-refractivity contribution >= 4 is 51.0 Å². The first-order valence-electron chi connectivity index (χ1n) is 9.19. The largest absolute Gasteiger partial charge is 0.271 e. The van der Waals surface area contributed by atoms with E-state index in [1.54, 1.807) is 67.6 Å². The quantitative estimate of drug-likeness (QED) is 0.399. The van der Waals surface area contributed by atoms with Gasteiger partial charge in [-0.15, -0.1) is 0 Å². The van der Waals surface area contributed by atoms with Gasteiger partial charge in [0.05, 0.1) is 21.8 Å². The van der Waals surface area contributed by atoms with Crippen LogP contribution in [-0.2, 0) is 14.8 Å². The molecule has 0 aliphatic rings. The van der Waals surface area contributed by atoms with Crippen molar-refractivity contribution in [2.24, 2.45) is 5.10 Å². The van der Waals surface area contributed by atoms with Crippen molar-refractivity contribution in [3.63, 3.8) is 0 Å². The molecule has 0 aliphatic heterocycles. The van der Waals surface area contributed by atoms with Crippen LogP contribution >= 0.6 is 23.2 Å². The lowest BCUT2D eigenvalue weighted by molar-refractivity contribution is -0.119. The molecule has 9 heteroatoms. The highest BCUT2D eigenvalue weighted by atomic mass is 35.5. The third-order valence-corrected chi connectivity index (χ3v) is 6.69. The monoisotopic (exact) mass is 475 g/mol. The molecule has 0 heterocycles. The summed E-state index contributed by atoms with van der Waals surface area (Å²) in [6.45, 7) is 1.33. The van der Waals surface area contributed by atoms with Crippen LogP contribution in [0.1, 0.15) is 11.1 Å². The molecule has 1 N–H and O–H groups in total. The Morgan fingerprint density at radius 3 is 2.39 bits per heavy atom. The van der Waals surface area contributed by atoms with Gasteiger partial charge in [0.25, 0.3) is 15.9 Å². The third kappa shape index (κ3) is 5.64. The predicted octanol–water partition coefficient (Wildman–Crippen LogP) is 4.65. The van der Waals surface area contributed by atoms with Gasteiger partial charge in [0.2, 0.25) is 0 Å². The second-order valence-electron chi connectivity index (χ2n) is 6.57. The van der Waals surface area contributed by atoms with Crippen LogP contribution in [0.4, 0.5) is 5.69 Å². The van der Waals surface area contributed by atoms with E-state index in [1.807, 2.05) is 0 Å². The summed E-state index contributed by atoms with van der Waals surface area (Å²) in [5.41, 5.74) is 4.03. The maximum atomic E-state index is 13.3. The summed E-state index contributed by atoms with van der Waals surface area (Å²) < 4.78 is 27.6. The number of amides is 1. The lowest BCUT2D eigenvalue weighted by atomic mass is 10.2. The molecule has 0 saturated carbocycles. The molecule has 0 radical (unpaired) electrons. The van der Waals surface area contributed by atoms with Gasteiger partial charge in [0.1, 0.15) is 6.54 Å². The zero-order chi connectivity index (χ0) is 22.4. The fourth-order valence-corrected chi connectivity index (χ4v) is 4.77. The van der Waals surface area contributed by atoms with Gasteiger partial charge >= 0.3 is 0 Å². The SMILES string of the molecule is Cc1ccccc1N(CC(=O)N/N=C\c1ccc(Cl)cc1Cl)S(=O)(=O)c1ccccc1. The fraction of sp³-hybridized carbons (Fsp3) is 0.0909. The van der Waals surface area contributed by atoms with Gasteiger partial charge in [-0.2, -0.15) is 5.10 Å². The Labute approximate surface area is 191 Å². The first-order valence-corrected chi connectivity index (χ1v) is 11.4. The zero-order valence-electron chi connectivity index (χ0n) is 16.5. The lowest BCUT2D eigenvalue weighted by Crippen LogP contribution is -2.40. The van der Waals surface area contributed by atoms with E-state index in [-0.39, 0.29) is 4.90 Å². The minimum atomic E-state index is -3.98. The molecule has 0 fully saturated rings. The van der Waals surface area contributed by atoms with Crippen molar-refractivity contribution in [3.05, 3.63) is 94.0 Å². The molecule has 1 amide bonds. The van der Waals surface area contributed by atoms with E-state index in [0.29, 0.717) is 26.9 Å². The number of sulfonamides is 1. The highest BCUT2D eigenvalue weighted by molar-refractivity contribution is 7.92. The predicted molar refractivity (Wildman–Crippen MR) is 124 cm³/mol. The van der Waals surface area contributed by atoms with Crippen LogP contribution in [0.25, 0.3) is 0 Å². The van der Waals surface area contributed by atoms with E-state index >= 15 is 0 Å². The first-order chi connectivity index (χ1) is 14.8. The number of hydrazone groups is 1. The summed E-state index contributed by atoms with van der Waals surface area (Å²) in [7, 11) is -3.98. The molecule has 3 aromatic rings. The lowest BCUT2D eigenvalue weighted by Gasteiger charge is -2.25. The Hall–Kier alpha value is -2.87. The molecule has 0 atom stereocenters. The van der Waals surface area contributed by atoms with Gasteiger partial charge < -0.3 is 0 Å². The summed E-state index contributed by atoms with van der Waals surface area (Å²) in [5, 5.41) is 4.73. The highest BCUT2D eigenvalue weighted by Gasteiger charge is 2.27. The number of benzene rings is 3. The highest BCUT2D eigenvalue weighted by Crippen LogP contribution is 2.26. The molecule has 160 valence electrons. The number of para-hydroxylation sites is 1. The van der Waals surface area contributed by atoms with Crippen molar-refractivity contribution in [1.82, 2.24) is 5.43 Å². The van der Waals surface area contributed by atoms with Gasteiger partial charge in [0, 0.05) is 10.6 Å². The molecule has 3 aromatic carbocycles. The van der Waals surface area contributed by atoms with Crippen LogP contribution in [0.2, 0.25) is 10.0 Å². The smallest absolute Gasteiger partial charge is 0.264 e. The van der Waals surface area contributed by atoms with Gasteiger partial charge in [-0.3, -0.25) is 9.10 Å². The number of rotatable bonds is 7.